The third-order valence-electron chi connectivity index (χ3n) is 5.13. The lowest BCUT2D eigenvalue weighted by atomic mass is 9.93. The predicted molar refractivity (Wildman–Crippen MR) is 68.3 cm³/mol. The van der Waals surface area contributed by atoms with E-state index in [1.165, 1.54) is 10.4 Å². The van der Waals surface area contributed by atoms with E-state index in [0.717, 1.165) is 5.69 Å². The molecule has 98 valence electrons. The molecule has 5 heteroatoms. The summed E-state index contributed by atoms with van der Waals surface area (Å²) >= 11 is 1.75. The van der Waals surface area contributed by atoms with Crippen LogP contribution in [0, 0.1) is 17.8 Å². The highest BCUT2D eigenvalue weighted by molar-refractivity contribution is 7.10. The van der Waals surface area contributed by atoms with Crippen molar-refractivity contribution < 1.29 is 8.78 Å². The Balaban J connectivity index is 1.55. The van der Waals surface area contributed by atoms with Crippen molar-refractivity contribution in [2.75, 3.05) is 0 Å². The van der Waals surface area contributed by atoms with Gasteiger partial charge in [0.25, 0.3) is 5.92 Å². The number of hydrogen-bond acceptors (Lipinski definition) is 2. The van der Waals surface area contributed by atoms with Gasteiger partial charge in [0, 0.05) is 22.3 Å². The molecule has 0 amide bonds. The molecule has 2 aromatic heterocycles. The molecule has 3 heterocycles. The molecule has 0 saturated heterocycles. The van der Waals surface area contributed by atoms with Crippen LogP contribution in [0.4, 0.5) is 8.78 Å². The minimum atomic E-state index is -2.37. The van der Waals surface area contributed by atoms with Crippen LogP contribution in [0.5, 0.6) is 0 Å². The van der Waals surface area contributed by atoms with Crippen molar-refractivity contribution >= 4 is 11.3 Å². The number of thiophene rings is 1. The van der Waals surface area contributed by atoms with Crippen LogP contribution in [0.15, 0.2) is 24.0 Å². The van der Waals surface area contributed by atoms with E-state index in [1.54, 1.807) is 11.3 Å². The third-order valence-corrected chi connectivity index (χ3v) is 6.12. The van der Waals surface area contributed by atoms with Gasteiger partial charge in [0.05, 0.1) is 24.3 Å². The van der Waals surface area contributed by atoms with Crippen LogP contribution in [0.3, 0.4) is 0 Å². The van der Waals surface area contributed by atoms with Gasteiger partial charge in [0.1, 0.15) is 0 Å². The van der Waals surface area contributed by atoms with Crippen molar-refractivity contribution in [3.05, 3.63) is 28.8 Å². The fourth-order valence-electron chi connectivity index (χ4n) is 4.17. The minimum Gasteiger partial charge on any atom is -0.322 e. The predicted octanol–water partition coefficient (Wildman–Crippen LogP) is 3.81. The minimum absolute atomic E-state index is 0.246. The first-order chi connectivity index (χ1) is 9.18. The van der Waals surface area contributed by atoms with Crippen LogP contribution < -0.4 is 0 Å². The lowest BCUT2D eigenvalue weighted by Crippen LogP contribution is -2.18. The molecule has 19 heavy (non-hydrogen) atoms. The van der Waals surface area contributed by atoms with E-state index < -0.39 is 5.92 Å². The van der Waals surface area contributed by atoms with E-state index in [9.17, 15) is 8.78 Å². The number of imidazole rings is 1. The molecule has 2 saturated carbocycles. The molecule has 4 atom stereocenters. The van der Waals surface area contributed by atoms with Crippen LogP contribution in [0.25, 0.3) is 11.3 Å². The number of halogens is 2. The molecule has 1 aliphatic heterocycles. The van der Waals surface area contributed by atoms with Crippen LogP contribution in [0.1, 0.15) is 23.8 Å². The summed E-state index contributed by atoms with van der Waals surface area (Å²) in [6, 6.07) is 2.37. The second-order valence-electron chi connectivity index (χ2n) is 5.95. The number of nitrogens with zero attached hydrogens (tertiary/aromatic N) is 2. The second kappa shape index (κ2) is 3.08. The largest absolute Gasteiger partial charge is 0.322 e. The highest BCUT2D eigenvalue weighted by Gasteiger charge is 2.72. The zero-order valence-electron chi connectivity index (χ0n) is 10.1. The van der Waals surface area contributed by atoms with Gasteiger partial charge in [-0.1, -0.05) is 0 Å². The van der Waals surface area contributed by atoms with Gasteiger partial charge in [-0.15, -0.1) is 11.3 Å². The fraction of sp³-hybridized carbons (Fsp3) is 0.500. The highest BCUT2D eigenvalue weighted by atomic mass is 32.1. The lowest BCUT2D eigenvalue weighted by Gasteiger charge is -2.23. The van der Waals surface area contributed by atoms with Crippen molar-refractivity contribution in [3.63, 3.8) is 0 Å². The number of fused-ring (bicyclic) bond motifs is 4. The number of rotatable bonds is 1. The Bertz CT molecular complexity index is 620. The molecular formula is C14H12F2N2S. The normalized spacial score (nSPS) is 36.9. The van der Waals surface area contributed by atoms with Crippen molar-refractivity contribution in [2.45, 2.75) is 24.8 Å². The van der Waals surface area contributed by atoms with Crippen LogP contribution in [0.2, 0.25) is 0 Å². The number of alkyl halides is 2. The van der Waals surface area contributed by atoms with Gasteiger partial charge in [-0.2, -0.15) is 0 Å². The Morgan fingerprint density at radius 1 is 1.32 bits per heavy atom. The molecule has 0 radical (unpaired) electrons. The monoisotopic (exact) mass is 278 g/mol. The summed E-state index contributed by atoms with van der Waals surface area (Å²) in [5, 5.41) is 2.10. The van der Waals surface area contributed by atoms with Gasteiger partial charge in [-0.25, -0.2) is 13.8 Å². The Morgan fingerprint density at radius 2 is 2.11 bits per heavy atom. The molecule has 5 rings (SSSR count). The standard InChI is InChI=1S/C14H12F2N2S/c15-14(16)9-3-7(4-10(9)14)12-13-8(1-2-19-13)11-5-17-6-18(11)12/h1-2,5-7,9-10,12H,3-4H2/t7?,9-,10+,12-/m0/s1. The molecule has 2 nitrogen and oxygen atoms in total. The topological polar surface area (TPSA) is 17.8 Å². The fourth-order valence-corrected chi connectivity index (χ4v) is 5.27. The summed E-state index contributed by atoms with van der Waals surface area (Å²) in [6.07, 6.45) is 5.07. The lowest BCUT2D eigenvalue weighted by molar-refractivity contribution is 0.0602. The van der Waals surface area contributed by atoms with E-state index in [0.29, 0.717) is 18.8 Å². The first-order valence-electron chi connectivity index (χ1n) is 6.65. The molecule has 0 N–H and O–H groups in total. The average molecular weight is 278 g/mol. The maximum absolute atomic E-state index is 13.4. The van der Waals surface area contributed by atoms with Crippen LogP contribution in [-0.2, 0) is 0 Å². The quantitative estimate of drug-likeness (QED) is 0.775. The van der Waals surface area contributed by atoms with Crippen molar-refractivity contribution in [3.8, 4) is 11.3 Å². The molecule has 2 fully saturated rings. The Labute approximate surface area is 113 Å². The Hall–Kier alpha value is -1.23. The molecule has 2 aliphatic carbocycles. The summed E-state index contributed by atoms with van der Waals surface area (Å²) in [5.41, 5.74) is 2.40. The molecule has 3 aliphatic rings. The van der Waals surface area contributed by atoms with E-state index in [2.05, 4.69) is 21.0 Å². The second-order valence-corrected chi connectivity index (χ2v) is 6.90. The first kappa shape index (κ1) is 10.5. The van der Waals surface area contributed by atoms with Crippen LogP contribution in [-0.4, -0.2) is 15.5 Å². The Morgan fingerprint density at radius 3 is 2.89 bits per heavy atom. The zero-order chi connectivity index (χ0) is 12.8. The Kier molecular flexibility index (Phi) is 1.71. The maximum atomic E-state index is 13.4. The zero-order valence-corrected chi connectivity index (χ0v) is 10.9. The third kappa shape index (κ3) is 1.14. The van der Waals surface area contributed by atoms with Crippen molar-refractivity contribution in [2.24, 2.45) is 17.8 Å². The summed E-state index contributed by atoms with van der Waals surface area (Å²) in [5.74, 6) is -2.73. The smallest absolute Gasteiger partial charge is 0.254 e. The number of aromatic nitrogens is 2. The average Bonchev–Trinajstić information content (AvgIpc) is 2.95. The van der Waals surface area contributed by atoms with Gasteiger partial charge >= 0.3 is 0 Å². The maximum Gasteiger partial charge on any atom is 0.254 e. The molecule has 0 bridgehead atoms. The van der Waals surface area contributed by atoms with Crippen LogP contribution >= 0.6 is 11.3 Å². The number of hydrogen-bond donors (Lipinski definition) is 0. The molecule has 0 aromatic carbocycles. The van der Waals surface area contributed by atoms with E-state index in [1.807, 2.05) is 12.5 Å². The van der Waals surface area contributed by atoms with Crippen molar-refractivity contribution in [1.82, 2.24) is 9.55 Å². The van der Waals surface area contributed by atoms with Gasteiger partial charge in [-0.3, -0.25) is 0 Å². The first-order valence-corrected chi connectivity index (χ1v) is 7.53. The summed E-state index contributed by atoms with van der Waals surface area (Å²) in [4.78, 5) is 5.56. The highest BCUT2D eigenvalue weighted by Crippen LogP contribution is 2.68. The summed E-state index contributed by atoms with van der Waals surface area (Å²) in [7, 11) is 0. The van der Waals surface area contributed by atoms with Gasteiger partial charge in [0.15, 0.2) is 0 Å². The molecule has 1 unspecified atom stereocenters. The molecule has 2 aromatic rings. The SMILES string of the molecule is FC1(F)[C@@H]2CC([C@H]3c4sccc4-c4cncn43)C[C@@H]21. The molecule has 0 spiro atoms. The van der Waals surface area contributed by atoms with Gasteiger partial charge in [0.2, 0.25) is 0 Å². The molecular weight excluding hydrogens is 266 g/mol. The summed E-state index contributed by atoms with van der Waals surface area (Å²) < 4.78 is 28.9. The van der Waals surface area contributed by atoms with Gasteiger partial charge < -0.3 is 4.57 Å². The summed E-state index contributed by atoms with van der Waals surface area (Å²) in [6.45, 7) is 0. The van der Waals surface area contributed by atoms with Crippen molar-refractivity contribution in [1.29, 1.82) is 0 Å². The van der Waals surface area contributed by atoms with E-state index >= 15 is 0 Å². The van der Waals surface area contributed by atoms with E-state index in [-0.39, 0.29) is 17.9 Å². The van der Waals surface area contributed by atoms with E-state index in [4.69, 9.17) is 0 Å². The van der Waals surface area contributed by atoms with Gasteiger partial charge in [-0.05, 0) is 30.2 Å².